The van der Waals surface area contributed by atoms with Gasteiger partial charge in [-0.2, -0.15) is 8.78 Å². The lowest BCUT2D eigenvalue weighted by Gasteiger charge is -2.32. The van der Waals surface area contributed by atoms with E-state index in [4.69, 9.17) is 0 Å². The van der Waals surface area contributed by atoms with Crippen molar-refractivity contribution in [3.8, 4) is 5.75 Å². The fourth-order valence-electron chi connectivity index (χ4n) is 3.35. The SMILES string of the molecule is O=C(c1ccccc1OC(F)F)N1CCC(Cc2cccc(F)c2)CC1. The molecule has 138 valence electrons. The standard InChI is InChI=1S/C20H20F3NO2/c21-16-5-3-4-15(13-16)12-14-8-10-24(11-9-14)19(25)17-6-1-2-7-18(17)26-20(22)23/h1-7,13-14,20H,8-12H2. The molecule has 3 nitrogen and oxygen atoms in total. The Morgan fingerprint density at radius 3 is 2.54 bits per heavy atom. The van der Waals surface area contributed by atoms with Crippen LogP contribution in [0, 0.1) is 11.7 Å². The molecule has 26 heavy (non-hydrogen) atoms. The Bertz CT molecular complexity index is 758. The van der Waals surface area contributed by atoms with Crippen LogP contribution in [0.25, 0.3) is 0 Å². The summed E-state index contributed by atoms with van der Waals surface area (Å²) < 4.78 is 42.8. The van der Waals surface area contributed by atoms with E-state index in [2.05, 4.69) is 4.74 Å². The molecule has 2 aromatic carbocycles. The number of rotatable bonds is 5. The highest BCUT2D eigenvalue weighted by molar-refractivity contribution is 5.97. The van der Waals surface area contributed by atoms with Crippen LogP contribution in [0.3, 0.4) is 0 Å². The van der Waals surface area contributed by atoms with Crippen molar-refractivity contribution < 1.29 is 22.7 Å². The number of ether oxygens (including phenoxy) is 1. The Morgan fingerprint density at radius 1 is 1.12 bits per heavy atom. The van der Waals surface area contributed by atoms with Crippen LogP contribution >= 0.6 is 0 Å². The maximum absolute atomic E-state index is 13.3. The summed E-state index contributed by atoms with van der Waals surface area (Å²) in [7, 11) is 0. The molecule has 0 aromatic heterocycles. The third-order valence-electron chi connectivity index (χ3n) is 4.65. The Hall–Kier alpha value is -2.50. The van der Waals surface area contributed by atoms with Crippen LogP contribution in [-0.4, -0.2) is 30.5 Å². The predicted molar refractivity (Wildman–Crippen MR) is 91.8 cm³/mol. The molecule has 1 amide bonds. The van der Waals surface area contributed by atoms with E-state index in [1.54, 1.807) is 23.1 Å². The third-order valence-corrected chi connectivity index (χ3v) is 4.65. The smallest absolute Gasteiger partial charge is 0.387 e. The zero-order chi connectivity index (χ0) is 18.5. The van der Waals surface area contributed by atoms with Crippen molar-refractivity contribution >= 4 is 5.91 Å². The second-order valence-corrected chi connectivity index (χ2v) is 6.44. The minimum Gasteiger partial charge on any atom is -0.434 e. The van der Waals surface area contributed by atoms with Crippen molar-refractivity contribution in [3.05, 3.63) is 65.5 Å². The highest BCUT2D eigenvalue weighted by atomic mass is 19.3. The van der Waals surface area contributed by atoms with Crippen LogP contribution in [-0.2, 0) is 6.42 Å². The molecule has 6 heteroatoms. The van der Waals surface area contributed by atoms with Crippen molar-refractivity contribution in [2.45, 2.75) is 25.9 Å². The summed E-state index contributed by atoms with van der Waals surface area (Å²) in [6, 6.07) is 12.6. The third kappa shape index (κ3) is 4.56. The van der Waals surface area contributed by atoms with Gasteiger partial charge in [0.2, 0.25) is 0 Å². The molecule has 0 N–H and O–H groups in total. The Morgan fingerprint density at radius 2 is 1.85 bits per heavy atom. The highest BCUT2D eigenvalue weighted by Crippen LogP contribution is 2.26. The molecule has 0 spiro atoms. The van der Waals surface area contributed by atoms with Gasteiger partial charge >= 0.3 is 6.61 Å². The summed E-state index contributed by atoms with van der Waals surface area (Å²) >= 11 is 0. The Kier molecular flexibility index (Phi) is 5.81. The van der Waals surface area contributed by atoms with Gasteiger partial charge in [0.05, 0.1) is 5.56 Å². The van der Waals surface area contributed by atoms with Crippen LogP contribution in [0.4, 0.5) is 13.2 Å². The molecule has 0 aliphatic carbocycles. The number of carbonyl (C=O) groups excluding carboxylic acids is 1. The van der Waals surface area contributed by atoms with E-state index in [0.29, 0.717) is 19.0 Å². The van der Waals surface area contributed by atoms with Gasteiger partial charge in [-0.15, -0.1) is 0 Å². The van der Waals surface area contributed by atoms with Crippen LogP contribution < -0.4 is 4.74 Å². The van der Waals surface area contributed by atoms with E-state index in [0.717, 1.165) is 24.8 Å². The molecule has 0 bridgehead atoms. The Balaban J connectivity index is 1.60. The summed E-state index contributed by atoms with van der Waals surface area (Å²) in [5.74, 6) is -0.279. The minimum absolute atomic E-state index is 0.102. The largest absolute Gasteiger partial charge is 0.434 e. The van der Waals surface area contributed by atoms with E-state index < -0.39 is 6.61 Å². The summed E-state index contributed by atoms with van der Waals surface area (Å²) in [6.45, 7) is -1.88. The highest BCUT2D eigenvalue weighted by Gasteiger charge is 2.26. The van der Waals surface area contributed by atoms with E-state index in [9.17, 15) is 18.0 Å². The fourth-order valence-corrected chi connectivity index (χ4v) is 3.35. The number of benzene rings is 2. The number of alkyl halides is 2. The first-order valence-electron chi connectivity index (χ1n) is 8.60. The number of amides is 1. The number of hydrogen-bond acceptors (Lipinski definition) is 2. The molecule has 0 saturated carbocycles. The van der Waals surface area contributed by atoms with Crippen molar-refractivity contribution in [1.29, 1.82) is 0 Å². The topological polar surface area (TPSA) is 29.5 Å². The fraction of sp³-hybridized carbons (Fsp3) is 0.350. The number of piperidine rings is 1. The first-order valence-corrected chi connectivity index (χ1v) is 8.60. The predicted octanol–water partition coefficient (Wildman–Crippen LogP) is 4.52. The first-order chi connectivity index (χ1) is 12.5. The summed E-state index contributed by atoms with van der Waals surface area (Å²) in [5, 5.41) is 0. The monoisotopic (exact) mass is 363 g/mol. The second-order valence-electron chi connectivity index (χ2n) is 6.44. The van der Waals surface area contributed by atoms with Gasteiger partial charge in [0.1, 0.15) is 11.6 Å². The van der Waals surface area contributed by atoms with Crippen LogP contribution in [0.2, 0.25) is 0 Å². The maximum atomic E-state index is 13.3. The van der Waals surface area contributed by atoms with Gasteiger partial charge in [-0.1, -0.05) is 24.3 Å². The van der Waals surface area contributed by atoms with Crippen LogP contribution in [0.15, 0.2) is 48.5 Å². The lowest BCUT2D eigenvalue weighted by molar-refractivity contribution is -0.0503. The van der Waals surface area contributed by atoms with Gasteiger partial charge < -0.3 is 9.64 Å². The van der Waals surface area contributed by atoms with Gasteiger partial charge in [0.25, 0.3) is 5.91 Å². The van der Waals surface area contributed by atoms with E-state index in [-0.39, 0.29) is 23.0 Å². The number of nitrogens with zero attached hydrogens (tertiary/aromatic N) is 1. The molecule has 0 radical (unpaired) electrons. The minimum atomic E-state index is -2.97. The maximum Gasteiger partial charge on any atom is 0.387 e. The summed E-state index contributed by atoms with van der Waals surface area (Å²) in [4.78, 5) is 14.3. The number of carbonyl (C=O) groups is 1. The number of halogens is 3. The second kappa shape index (κ2) is 8.25. The molecule has 1 aliphatic rings. The van der Waals surface area contributed by atoms with Gasteiger partial charge in [-0.3, -0.25) is 4.79 Å². The lowest BCUT2D eigenvalue weighted by Crippen LogP contribution is -2.39. The molecule has 3 rings (SSSR count). The van der Waals surface area contributed by atoms with Crippen LogP contribution in [0.5, 0.6) is 5.75 Å². The number of hydrogen-bond donors (Lipinski definition) is 0. The zero-order valence-electron chi connectivity index (χ0n) is 14.2. The van der Waals surface area contributed by atoms with Gasteiger partial charge in [-0.25, -0.2) is 4.39 Å². The molecular weight excluding hydrogens is 343 g/mol. The van der Waals surface area contributed by atoms with Crippen molar-refractivity contribution in [2.24, 2.45) is 5.92 Å². The molecule has 0 atom stereocenters. The molecule has 1 heterocycles. The number of para-hydroxylation sites is 1. The molecular formula is C20H20F3NO2. The van der Waals surface area contributed by atoms with E-state index in [1.807, 2.05) is 6.07 Å². The normalized spacial score (nSPS) is 15.3. The van der Waals surface area contributed by atoms with Crippen LogP contribution in [0.1, 0.15) is 28.8 Å². The average Bonchev–Trinajstić information content (AvgIpc) is 2.62. The van der Waals surface area contributed by atoms with Crippen molar-refractivity contribution in [1.82, 2.24) is 4.90 Å². The van der Waals surface area contributed by atoms with Crippen molar-refractivity contribution in [2.75, 3.05) is 13.1 Å². The Labute approximate surface area is 150 Å². The summed E-state index contributed by atoms with van der Waals surface area (Å²) in [6.07, 6.45) is 2.35. The average molecular weight is 363 g/mol. The van der Waals surface area contributed by atoms with E-state index in [1.165, 1.54) is 24.3 Å². The zero-order valence-corrected chi connectivity index (χ0v) is 14.2. The first kappa shape index (κ1) is 18.3. The van der Waals surface area contributed by atoms with Gasteiger partial charge in [0.15, 0.2) is 0 Å². The van der Waals surface area contributed by atoms with Crippen molar-refractivity contribution in [3.63, 3.8) is 0 Å². The van der Waals surface area contributed by atoms with Gasteiger partial charge in [-0.05, 0) is 55.0 Å². The summed E-state index contributed by atoms with van der Waals surface area (Å²) in [5.41, 5.74) is 1.10. The molecule has 2 aromatic rings. The number of likely N-dealkylation sites (tertiary alicyclic amines) is 1. The molecule has 1 aliphatic heterocycles. The molecule has 1 saturated heterocycles. The van der Waals surface area contributed by atoms with E-state index >= 15 is 0 Å². The lowest BCUT2D eigenvalue weighted by atomic mass is 9.90. The quantitative estimate of drug-likeness (QED) is 0.782. The molecule has 0 unspecified atom stereocenters. The molecule has 1 fully saturated rings. The van der Waals surface area contributed by atoms with Gasteiger partial charge in [0, 0.05) is 13.1 Å².